The average Bonchev–Trinajstić information content (AvgIpc) is 2.71. The largest absolute Gasteiger partial charge is 0.471 e. The number of amides is 2. The molecule has 2 rings (SSSR count). The van der Waals surface area contributed by atoms with Crippen molar-refractivity contribution in [2.45, 2.75) is 45.3 Å². The van der Waals surface area contributed by atoms with Crippen LogP contribution in [0.5, 0.6) is 5.88 Å². The molecule has 32 heavy (non-hydrogen) atoms. The highest BCUT2D eigenvalue weighted by atomic mass is 19.4. The van der Waals surface area contributed by atoms with Gasteiger partial charge in [0, 0.05) is 29.9 Å². The number of rotatable bonds is 8. The van der Waals surface area contributed by atoms with Crippen LogP contribution in [-0.2, 0) is 4.79 Å². The zero-order chi connectivity index (χ0) is 24.1. The number of aromatic nitrogens is 2. The van der Waals surface area contributed by atoms with E-state index in [-0.39, 0.29) is 23.7 Å². The lowest BCUT2D eigenvalue weighted by Gasteiger charge is -2.19. The third-order valence-electron chi connectivity index (χ3n) is 4.23. The standard InChI is InChI=1S/C20H21F5N4O3/c1-4-16(30)29-15-8-14(7-11(2)27-15)18(31)28-12(3)13-5-6-17(26-9-13)32-10-19(21,22)20(23,24)25/h5-9,12H,4,10H2,1-3H3,(H,28,31)(H,27,29,30). The number of ether oxygens (including phenoxy) is 1. The highest BCUT2D eigenvalue weighted by Gasteiger charge is 2.58. The van der Waals surface area contributed by atoms with E-state index in [1.54, 1.807) is 20.8 Å². The average molecular weight is 460 g/mol. The Hall–Kier alpha value is -3.31. The second-order valence-electron chi connectivity index (χ2n) is 6.90. The molecule has 0 saturated carbocycles. The van der Waals surface area contributed by atoms with E-state index in [0.29, 0.717) is 11.3 Å². The monoisotopic (exact) mass is 460 g/mol. The third kappa shape index (κ3) is 6.59. The quantitative estimate of drug-likeness (QED) is 0.576. The number of halogens is 5. The number of hydrogen-bond acceptors (Lipinski definition) is 5. The number of hydrogen-bond donors (Lipinski definition) is 2. The Labute approximate surface area is 180 Å². The predicted molar refractivity (Wildman–Crippen MR) is 105 cm³/mol. The molecule has 0 fully saturated rings. The van der Waals surface area contributed by atoms with Gasteiger partial charge in [0.15, 0.2) is 6.61 Å². The van der Waals surface area contributed by atoms with Crippen LogP contribution in [0.25, 0.3) is 0 Å². The minimum atomic E-state index is -5.73. The summed E-state index contributed by atoms with van der Waals surface area (Å²) in [5.41, 5.74) is 1.21. The Balaban J connectivity index is 2.03. The first-order valence-corrected chi connectivity index (χ1v) is 9.45. The Morgan fingerprint density at radius 2 is 1.84 bits per heavy atom. The zero-order valence-corrected chi connectivity index (χ0v) is 17.4. The normalized spacial score (nSPS) is 12.8. The maximum atomic E-state index is 12.9. The molecule has 2 aromatic heterocycles. The fourth-order valence-electron chi connectivity index (χ4n) is 2.44. The first-order valence-electron chi connectivity index (χ1n) is 9.45. The van der Waals surface area contributed by atoms with Gasteiger partial charge in [0.05, 0.1) is 6.04 Å². The van der Waals surface area contributed by atoms with E-state index < -0.39 is 36.5 Å². The van der Waals surface area contributed by atoms with Crippen LogP contribution in [0.4, 0.5) is 27.8 Å². The molecule has 0 spiro atoms. The van der Waals surface area contributed by atoms with Crippen molar-refractivity contribution >= 4 is 17.6 Å². The molecular weight excluding hydrogens is 439 g/mol. The number of pyridine rings is 2. The van der Waals surface area contributed by atoms with Crippen LogP contribution < -0.4 is 15.4 Å². The second kappa shape index (κ2) is 9.88. The highest BCUT2D eigenvalue weighted by Crippen LogP contribution is 2.35. The summed E-state index contributed by atoms with van der Waals surface area (Å²) in [6.45, 7) is 3.06. The molecule has 1 atom stereocenters. The number of nitrogens with one attached hydrogen (secondary N) is 2. The highest BCUT2D eigenvalue weighted by molar-refractivity contribution is 5.96. The van der Waals surface area contributed by atoms with Gasteiger partial charge in [0.25, 0.3) is 5.91 Å². The van der Waals surface area contributed by atoms with Crippen molar-refractivity contribution in [3.63, 3.8) is 0 Å². The number of alkyl halides is 5. The molecule has 0 bridgehead atoms. The Morgan fingerprint density at radius 3 is 2.41 bits per heavy atom. The van der Waals surface area contributed by atoms with Crippen molar-refractivity contribution in [1.29, 1.82) is 0 Å². The van der Waals surface area contributed by atoms with Crippen LogP contribution in [0.2, 0.25) is 0 Å². The molecule has 2 heterocycles. The summed E-state index contributed by atoms with van der Waals surface area (Å²) in [5, 5.41) is 5.27. The van der Waals surface area contributed by atoms with Crippen molar-refractivity contribution in [2.75, 3.05) is 11.9 Å². The summed E-state index contributed by atoms with van der Waals surface area (Å²) in [4.78, 5) is 32.0. The Kier molecular flexibility index (Phi) is 7.70. The molecule has 7 nitrogen and oxygen atoms in total. The van der Waals surface area contributed by atoms with Crippen molar-refractivity contribution in [3.05, 3.63) is 47.3 Å². The summed E-state index contributed by atoms with van der Waals surface area (Å²) in [6.07, 6.45) is -4.29. The van der Waals surface area contributed by atoms with Gasteiger partial charge in [0.1, 0.15) is 5.82 Å². The summed E-state index contributed by atoms with van der Waals surface area (Å²) >= 11 is 0. The molecule has 0 aliphatic carbocycles. The minimum Gasteiger partial charge on any atom is -0.471 e. The fraction of sp³-hybridized carbons (Fsp3) is 0.400. The number of aryl methyl sites for hydroxylation is 1. The maximum Gasteiger partial charge on any atom is 0.456 e. The van der Waals surface area contributed by atoms with Gasteiger partial charge >= 0.3 is 12.1 Å². The summed E-state index contributed by atoms with van der Waals surface area (Å²) in [7, 11) is 0. The lowest BCUT2D eigenvalue weighted by Crippen LogP contribution is -2.41. The summed E-state index contributed by atoms with van der Waals surface area (Å²) < 4.78 is 66.8. The Morgan fingerprint density at radius 1 is 1.16 bits per heavy atom. The van der Waals surface area contributed by atoms with Crippen LogP contribution in [0.15, 0.2) is 30.5 Å². The minimum absolute atomic E-state index is 0.230. The molecule has 0 saturated heterocycles. The van der Waals surface area contributed by atoms with Crippen LogP contribution >= 0.6 is 0 Å². The predicted octanol–water partition coefficient (Wildman–Crippen LogP) is 4.20. The number of nitrogens with zero attached hydrogens (tertiary/aromatic N) is 2. The lowest BCUT2D eigenvalue weighted by atomic mass is 10.1. The SMILES string of the molecule is CCC(=O)Nc1cc(C(=O)NC(C)c2ccc(OCC(F)(F)C(F)(F)F)nc2)cc(C)n1. The molecule has 0 aromatic carbocycles. The number of carbonyl (C=O) groups is 2. The van der Waals surface area contributed by atoms with Crippen molar-refractivity contribution < 1.29 is 36.3 Å². The van der Waals surface area contributed by atoms with Crippen molar-refractivity contribution in [2.24, 2.45) is 0 Å². The molecular formula is C20H21F5N4O3. The van der Waals surface area contributed by atoms with Gasteiger partial charge in [-0.15, -0.1) is 0 Å². The zero-order valence-electron chi connectivity index (χ0n) is 17.4. The van der Waals surface area contributed by atoms with Gasteiger partial charge < -0.3 is 15.4 Å². The van der Waals surface area contributed by atoms with Crippen molar-refractivity contribution in [1.82, 2.24) is 15.3 Å². The van der Waals surface area contributed by atoms with E-state index >= 15 is 0 Å². The first kappa shape index (κ1) is 25.0. The van der Waals surface area contributed by atoms with Crippen LogP contribution in [-0.4, -0.2) is 40.5 Å². The molecule has 2 aromatic rings. The molecule has 12 heteroatoms. The van der Waals surface area contributed by atoms with Gasteiger partial charge in [-0.1, -0.05) is 13.0 Å². The van der Waals surface area contributed by atoms with Gasteiger partial charge in [-0.05, 0) is 31.5 Å². The Bertz CT molecular complexity index is 965. The van der Waals surface area contributed by atoms with Gasteiger partial charge in [0.2, 0.25) is 11.8 Å². The molecule has 174 valence electrons. The topological polar surface area (TPSA) is 93.2 Å². The van der Waals surface area contributed by atoms with Crippen molar-refractivity contribution in [3.8, 4) is 5.88 Å². The fourth-order valence-corrected chi connectivity index (χ4v) is 2.44. The van der Waals surface area contributed by atoms with E-state index in [9.17, 15) is 31.5 Å². The molecule has 2 N–H and O–H groups in total. The third-order valence-corrected chi connectivity index (χ3v) is 4.23. The number of carbonyl (C=O) groups excluding carboxylic acids is 2. The van der Waals surface area contributed by atoms with Crippen LogP contribution in [0, 0.1) is 6.92 Å². The molecule has 2 amide bonds. The van der Waals surface area contributed by atoms with Crippen LogP contribution in [0.3, 0.4) is 0 Å². The smallest absolute Gasteiger partial charge is 0.456 e. The molecule has 0 aliphatic heterocycles. The van der Waals surface area contributed by atoms with Gasteiger partial charge in [-0.3, -0.25) is 9.59 Å². The lowest BCUT2D eigenvalue weighted by molar-refractivity contribution is -0.290. The second-order valence-corrected chi connectivity index (χ2v) is 6.90. The van der Waals surface area contributed by atoms with E-state index in [1.807, 2.05) is 0 Å². The molecule has 0 radical (unpaired) electrons. The van der Waals surface area contributed by atoms with Gasteiger partial charge in [-0.2, -0.15) is 22.0 Å². The number of anilines is 1. The van der Waals surface area contributed by atoms with E-state index in [2.05, 4.69) is 25.3 Å². The van der Waals surface area contributed by atoms with Crippen LogP contribution in [0.1, 0.15) is 47.9 Å². The molecule has 1 unspecified atom stereocenters. The summed E-state index contributed by atoms with van der Waals surface area (Å²) in [6, 6.07) is 4.87. The maximum absolute atomic E-state index is 12.9. The van der Waals surface area contributed by atoms with E-state index in [4.69, 9.17) is 0 Å². The first-order chi connectivity index (χ1) is 14.8. The van der Waals surface area contributed by atoms with E-state index in [1.165, 1.54) is 24.4 Å². The summed E-state index contributed by atoms with van der Waals surface area (Å²) in [5.74, 6) is -5.93. The van der Waals surface area contributed by atoms with E-state index in [0.717, 1.165) is 6.07 Å². The molecule has 0 aliphatic rings. The van der Waals surface area contributed by atoms with Gasteiger partial charge in [-0.25, -0.2) is 9.97 Å².